The summed E-state index contributed by atoms with van der Waals surface area (Å²) >= 11 is 0. The SMILES string of the molecule is C=C=CCN=C(Nc1cnccn1)NS(=O)(=O)c1ccc(C(F)(F)F)cc1. The van der Waals surface area contributed by atoms with Gasteiger partial charge in [0.1, 0.15) is 0 Å². The van der Waals surface area contributed by atoms with E-state index in [4.69, 9.17) is 0 Å². The molecule has 0 amide bonds. The molecule has 0 unspecified atom stereocenters. The molecule has 0 bridgehead atoms. The normalized spacial score (nSPS) is 12.2. The van der Waals surface area contributed by atoms with Crippen LogP contribution in [0, 0.1) is 0 Å². The molecule has 7 nitrogen and oxygen atoms in total. The highest BCUT2D eigenvalue weighted by Gasteiger charge is 2.30. The van der Waals surface area contributed by atoms with E-state index in [9.17, 15) is 21.6 Å². The average Bonchev–Trinajstić information content (AvgIpc) is 2.62. The maximum Gasteiger partial charge on any atom is 0.416 e. The number of alkyl halides is 3. The van der Waals surface area contributed by atoms with Crippen LogP contribution in [0.5, 0.6) is 0 Å². The summed E-state index contributed by atoms with van der Waals surface area (Å²) in [6.45, 7) is 3.43. The Bertz CT molecular complexity index is 952. The van der Waals surface area contributed by atoms with Gasteiger partial charge in [0.2, 0.25) is 5.96 Å². The van der Waals surface area contributed by atoms with Gasteiger partial charge in [-0.3, -0.25) is 4.98 Å². The van der Waals surface area contributed by atoms with Crippen molar-refractivity contribution in [2.75, 3.05) is 11.9 Å². The summed E-state index contributed by atoms with van der Waals surface area (Å²) in [7, 11) is -4.19. The molecule has 1 aromatic heterocycles. The lowest BCUT2D eigenvalue weighted by Crippen LogP contribution is -2.36. The van der Waals surface area contributed by atoms with E-state index in [2.05, 4.69) is 37.3 Å². The second-order valence-corrected chi connectivity index (χ2v) is 6.62. The van der Waals surface area contributed by atoms with Crippen molar-refractivity contribution in [3.63, 3.8) is 0 Å². The predicted octanol–water partition coefficient (Wildman–Crippen LogP) is 2.58. The maximum atomic E-state index is 12.6. The molecule has 11 heteroatoms. The van der Waals surface area contributed by atoms with Crippen molar-refractivity contribution in [1.82, 2.24) is 14.7 Å². The van der Waals surface area contributed by atoms with Gasteiger partial charge in [0.25, 0.3) is 10.0 Å². The zero-order valence-electron chi connectivity index (χ0n) is 13.7. The Balaban J connectivity index is 2.26. The van der Waals surface area contributed by atoms with Gasteiger partial charge in [-0.1, -0.05) is 6.58 Å². The summed E-state index contributed by atoms with van der Waals surface area (Å²) in [5.74, 6) is 0.0239. The number of aliphatic imine (C=N–C) groups is 1. The minimum atomic E-state index is -4.56. The van der Waals surface area contributed by atoms with Crippen LogP contribution in [-0.4, -0.2) is 30.9 Å². The van der Waals surface area contributed by atoms with Gasteiger partial charge < -0.3 is 5.32 Å². The van der Waals surface area contributed by atoms with Crippen LogP contribution in [0.4, 0.5) is 19.0 Å². The highest BCUT2D eigenvalue weighted by Crippen LogP contribution is 2.29. The molecule has 0 radical (unpaired) electrons. The molecule has 1 aromatic carbocycles. The van der Waals surface area contributed by atoms with E-state index in [1.54, 1.807) is 0 Å². The predicted molar refractivity (Wildman–Crippen MR) is 93.4 cm³/mol. The van der Waals surface area contributed by atoms with E-state index >= 15 is 0 Å². The molecule has 27 heavy (non-hydrogen) atoms. The topological polar surface area (TPSA) is 96.3 Å². The third kappa shape index (κ3) is 5.94. The smallest absolute Gasteiger partial charge is 0.309 e. The molecule has 0 fully saturated rings. The molecule has 0 spiro atoms. The van der Waals surface area contributed by atoms with Gasteiger partial charge in [-0.05, 0) is 30.3 Å². The minimum absolute atomic E-state index is 0.0572. The van der Waals surface area contributed by atoms with E-state index in [-0.39, 0.29) is 23.2 Å². The summed E-state index contributed by atoms with van der Waals surface area (Å²) in [6.07, 6.45) is 1.03. The number of hydrogen-bond donors (Lipinski definition) is 2. The van der Waals surface area contributed by atoms with Gasteiger partial charge in [-0.25, -0.2) is 23.1 Å². The molecule has 0 atom stereocenters. The van der Waals surface area contributed by atoms with Crippen molar-refractivity contribution in [2.24, 2.45) is 4.99 Å². The Morgan fingerprint density at radius 3 is 2.52 bits per heavy atom. The summed E-state index contributed by atoms with van der Waals surface area (Å²) in [5.41, 5.74) is 1.53. The Morgan fingerprint density at radius 2 is 1.96 bits per heavy atom. The minimum Gasteiger partial charge on any atom is -0.309 e. The highest BCUT2D eigenvalue weighted by molar-refractivity contribution is 7.90. The van der Waals surface area contributed by atoms with Crippen LogP contribution in [0.3, 0.4) is 0 Å². The van der Waals surface area contributed by atoms with Crippen molar-refractivity contribution in [3.05, 3.63) is 66.8 Å². The van der Waals surface area contributed by atoms with Gasteiger partial charge in [0, 0.05) is 12.4 Å². The quantitative estimate of drug-likeness (QED) is 0.459. The number of halogens is 3. The van der Waals surface area contributed by atoms with Gasteiger partial charge in [-0.15, -0.1) is 5.73 Å². The fraction of sp³-hybridized carbons (Fsp3) is 0.125. The van der Waals surface area contributed by atoms with Gasteiger partial charge >= 0.3 is 6.18 Å². The lowest BCUT2D eigenvalue weighted by molar-refractivity contribution is -0.137. The lowest BCUT2D eigenvalue weighted by atomic mass is 10.2. The first kappa shape index (κ1) is 20.1. The second kappa shape index (κ2) is 8.47. The monoisotopic (exact) mass is 397 g/mol. The lowest BCUT2D eigenvalue weighted by Gasteiger charge is -2.13. The Hall–Kier alpha value is -3.17. The van der Waals surface area contributed by atoms with Gasteiger partial charge in [0.15, 0.2) is 5.82 Å². The van der Waals surface area contributed by atoms with Crippen LogP contribution in [0.15, 0.2) is 71.1 Å². The number of benzene rings is 1. The molecule has 0 aliphatic carbocycles. The molecule has 1 heterocycles. The third-order valence-corrected chi connectivity index (χ3v) is 4.37. The van der Waals surface area contributed by atoms with Crippen LogP contribution < -0.4 is 10.0 Å². The van der Waals surface area contributed by atoms with Crippen molar-refractivity contribution >= 4 is 21.8 Å². The molecule has 142 valence electrons. The molecule has 0 saturated heterocycles. The first-order chi connectivity index (χ1) is 12.7. The van der Waals surface area contributed by atoms with Crippen molar-refractivity contribution in [3.8, 4) is 0 Å². The first-order valence-electron chi connectivity index (χ1n) is 7.34. The second-order valence-electron chi connectivity index (χ2n) is 4.94. The van der Waals surface area contributed by atoms with Gasteiger partial charge in [0.05, 0.1) is 23.2 Å². The fourth-order valence-corrected chi connectivity index (χ4v) is 2.78. The number of hydrogen-bond acceptors (Lipinski definition) is 5. The number of rotatable bonds is 5. The molecule has 0 aliphatic heterocycles. The van der Waals surface area contributed by atoms with E-state index in [1.807, 2.05) is 0 Å². The zero-order valence-corrected chi connectivity index (χ0v) is 14.5. The van der Waals surface area contributed by atoms with Crippen molar-refractivity contribution in [2.45, 2.75) is 11.1 Å². The molecule has 2 rings (SSSR count). The largest absolute Gasteiger partial charge is 0.416 e. The number of anilines is 1. The van der Waals surface area contributed by atoms with E-state index in [0.717, 1.165) is 12.1 Å². The molecule has 2 N–H and O–H groups in total. The summed E-state index contributed by atoms with van der Waals surface area (Å²) in [5, 5.41) is 2.64. The Kier molecular flexibility index (Phi) is 6.32. The number of sulfonamides is 1. The van der Waals surface area contributed by atoms with E-state index in [1.165, 1.54) is 24.7 Å². The highest BCUT2D eigenvalue weighted by atomic mass is 32.2. The van der Waals surface area contributed by atoms with Crippen LogP contribution in [0.2, 0.25) is 0 Å². The standard InChI is InChI=1S/C16H14F3N5O2S/c1-2-3-8-22-15(23-14-11-20-9-10-21-14)24-27(25,26)13-6-4-12(5-7-13)16(17,18)19/h3-7,9-11H,1,8H2,(H2,21,22,23,24). The summed E-state index contributed by atoms with van der Waals surface area (Å²) in [6, 6.07) is 3.08. The van der Waals surface area contributed by atoms with Crippen molar-refractivity contribution in [1.29, 1.82) is 0 Å². The van der Waals surface area contributed by atoms with Crippen LogP contribution in [-0.2, 0) is 16.2 Å². The summed E-state index contributed by atoms with van der Waals surface area (Å²) < 4.78 is 64.9. The fourth-order valence-electron chi connectivity index (χ4n) is 1.79. The van der Waals surface area contributed by atoms with Crippen LogP contribution in [0.1, 0.15) is 5.56 Å². The summed E-state index contributed by atoms with van der Waals surface area (Å²) in [4.78, 5) is 11.4. The van der Waals surface area contributed by atoms with E-state index < -0.39 is 21.8 Å². The molecular formula is C16H14F3N5O2S. The van der Waals surface area contributed by atoms with Crippen LogP contribution >= 0.6 is 0 Å². The number of nitrogens with zero attached hydrogens (tertiary/aromatic N) is 3. The van der Waals surface area contributed by atoms with Gasteiger partial charge in [-0.2, -0.15) is 13.2 Å². The van der Waals surface area contributed by atoms with E-state index in [0.29, 0.717) is 12.1 Å². The number of guanidine groups is 1. The molecule has 0 aliphatic rings. The first-order valence-corrected chi connectivity index (χ1v) is 8.82. The molecule has 2 aromatic rings. The molecule has 0 saturated carbocycles. The zero-order chi connectivity index (χ0) is 19.9. The number of aromatic nitrogens is 2. The number of nitrogens with one attached hydrogen (secondary N) is 2. The average molecular weight is 397 g/mol. The van der Waals surface area contributed by atoms with Crippen molar-refractivity contribution < 1.29 is 21.6 Å². The Morgan fingerprint density at radius 1 is 1.26 bits per heavy atom. The molecular weight excluding hydrogens is 383 g/mol. The maximum absolute atomic E-state index is 12.6. The Labute approximate surface area is 153 Å². The third-order valence-electron chi connectivity index (χ3n) is 3.02. The van der Waals surface area contributed by atoms with Crippen LogP contribution in [0.25, 0.3) is 0 Å².